The maximum atomic E-state index is 9.72. The first-order chi connectivity index (χ1) is 14.2. The Hall–Kier alpha value is -3.39. The van der Waals surface area contributed by atoms with Gasteiger partial charge in [-0.2, -0.15) is 0 Å². The average Bonchev–Trinajstić information content (AvgIpc) is 3.38. The fourth-order valence-corrected chi connectivity index (χ4v) is 3.57. The molecule has 0 amide bonds. The Bertz CT molecular complexity index is 929. The van der Waals surface area contributed by atoms with E-state index in [9.17, 15) is 5.11 Å². The second kappa shape index (κ2) is 9.70. The maximum absolute atomic E-state index is 9.72. The Balaban J connectivity index is 0.000000755. The van der Waals surface area contributed by atoms with Gasteiger partial charge < -0.3 is 24.3 Å². The van der Waals surface area contributed by atoms with Crippen LogP contribution in [0.1, 0.15) is 11.6 Å². The van der Waals surface area contributed by atoms with Gasteiger partial charge in [-0.05, 0) is 36.2 Å². The summed E-state index contributed by atoms with van der Waals surface area (Å²) >= 11 is 0. The van der Waals surface area contributed by atoms with Crippen molar-refractivity contribution in [3.8, 4) is 22.9 Å². The highest BCUT2D eigenvalue weighted by molar-refractivity contribution is 5.66. The fourth-order valence-electron chi connectivity index (χ4n) is 3.57. The Kier molecular flexibility index (Phi) is 6.80. The number of pyridine rings is 1. The van der Waals surface area contributed by atoms with Crippen LogP contribution in [0.5, 0.6) is 11.5 Å². The SMILES string of the molecule is COc1cc(O)ccc1-c1nccn1[C@@H]1COC[C@@H]1Cc1ccncc1.O=CO. The van der Waals surface area contributed by atoms with Crippen molar-refractivity contribution in [2.24, 2.45) is 5.92 Å². The van der Waals surface area contributed by atoms with Gasteiger partial charge in [-0.1, -0.05) is 0 Å². The van der Waals surface area contributed by atoms with Crippen molar-refractivity contribution in [3.63, 3.8) is 0 Å². The Morgan fingerprint density at radius 3 is 2.72 bits per heavy atom. The van der Waals surface area contributed by atoms with Crippen LogP contribution in [-0.4, -0.2) is 51.5 Å². The van der Waals surface area contributed by atoms with Gasteiger partial charge in [0.05, 0.1) is 31.9 Å². The molecular weight excluding hydrogens is 374 g/mol. The molecule has 1 aromatic carbocycles. The lowest BCUT2D eigenvalue weighted by Gasteiger charge is -2.22. The number of ether oxygens (including phenoxy) is 2. The molecule has 8 heteroatoms. The molecular formula is C21H23N3O5. The summed E-state index contributed by atoms with van der Waals surface area (Å²) in [6, 6.07) is 9.38. The van der Waals surface area contributed by atoms with E-state index in [1.807, 2.05) is 36.8 Å². The van der Waals surface area contributed by atoms with E-state index < -0.39 is 0 Å². The van der Waals surface area contributed by atoms with Crippen molar-refractivity contribution in [1.82, 2.24) is 14.5 Å². The zero-order valence-corrected chi connectivity index (χ0v) is 16.0. The van der Waals surface area contributed by atoms with E-state index in [1.54, 1.807) is 25.4 Å². The van der Waals surface area contributed by atoms with Crippen LogP contribution in [-0.2, 0) is 16.0 Å². The van der Waals surface area contributed by atoms with Crippen molar-refractivity contribution in [3.05, 3.63) is 60.7 Å². The van der Waals surface area contributed by atoms with Gasteiger partial charge in [0, 0.05) is 36.8 Å². The number of hydrogen-bond acceptors (Lipinski definition) is 6. The molecule has 0 spiro atoms. The summed E-state index contributed by atoms with van der Waals surface area (Å²) in [4.78, 5) is 17.0. The summed E-state index contributed by atoms with van der Waals surface area (Å²) in [5.74, 6) is 1.94. The van der Waals surface area contributed by atoms with E-state index in [0.29, 0.717) is 18.3 Å². The van der Waals surface area contributed by atoms with Crippen LogP contribution in [0.2, 0.25) is 0 Å². The number of imidazole rings is 1. The molecule has 0 saturated carbocycles. The van der Waals surface area contributed by atoms with Gasteiger partial charge >= 0.3 is 0 Å². The van der Waals surface area contributed by atoms with Crippen molar-refractivity contribution in [2.45, 2.75) is 12.5 Å². The summed E-state index contributed by atoms with van der Waals surface area (Å²) in [6.07, 6.45) is 8.36. The molecule has 29 heavy (non-hydrogen) atoms. The monoisotopic (exact) mass is 397 g/mol. The first-order valence-corrected chi connectivity index (χ1v) is 9.12. The number of rotatable bonds is 5. The molecule has 0 bridgehead atoms. The molecule has 0 radical (unpaired) electrons. The van der Waals surface area contributed by atoms with Crippen LogP contribution < -0.4 is 4.74 Å². The molecule has 2 aromatic heterocycles. The zero-order valence-electron chi connectivity index (χ0n) is 16.0. The van der Waals surface area contributed by atoms with E-state index in [1.165, 1.54) is 5.56 Å². The molecule has 0 aliphatic carbocycles. The minimum absolute atomic E-state index is 0.170. The number of phenols is 1. The van der Waals surface area contributed by atoms with Crippen molar-refractivity contribution in [1.29, 1.82) is 0 Å². The van der Waals surface area contributed by atoms with Gasteiger partial charge in [0.15, 0.2) is 0 Å². The van der Waals surface area contributed by atoms with Crippen LogP contribution in [0.15, 0.2) is 55.1 Å². The quantitative estimate of drug-likeness (QED) is 0.638. The smallest absolute Gasteiger partial charge is 0.290 e. The molecule has 4 rings (SSSR count). The molecule has 2 N–H and O–H groups in total. The molecule has 1 saturated heterocycles. The highest BCUT2D eigenvalue weighted by Crippen LogP contribution is 2.36. The Morgan fingerprint density at radius 2 is 2.00 bits per heavy atom. The molecule has 8 nitrogen and oxygen atoms in total. The predicted octanol–water partition coefficient (Wildman–Crippen LogP) is 2.79. The van der Waals surface area contributed by atoms with Gasteiger partial charge in [-0.3, -0.25) is 9.78 Å². The van der Waals surface area contributed by atoms with Gasteiger partial charge in [-0.25, -0.2) is 4.98 Å². The molecule has 1 fully saturated rings. The van der Waals surface area contributed by atoms with Crippen LogP contribution in [0, 0.1) is 5.92 Å². The number of aromatic nitrogens is 3. The number of carboxylic acid groups (broad SMARTS) is 1. The van der Waals surface area contributed by atoms with Crippen LogP contribution in [0.4, 0.5) is 0 Å². The van der Waals surface area contributed by atoms with Crippen molar-refractivity contribution >= 4 is 6.47 Å². The summed E-state index contributed by atoms with van der Waals surface area (Å²) in [5, 5.41) is 16.6. The number of phenolic OH excluding ortho intramolecular Hbond substituents is 1. The second-order valence-corrected chi connectivity index (χ2v) is 6.57. The van der Waals surface area contributed by atoms with Crippen molar-refractivity contribution in [2.75, 3.05) is 20.3 Å². The number of hydrogen-bond donors (Lipinski definition) is 2. The van der Waals surface area contributed by atoms with Crippen molar-refractivity contribution < 1.29 is 24.5 Å². The van der Waals surface area contributed by atoms with Gasteiger partial charge in [0.2, 0.25) is 0 Å². The molecule has 1 aliphatic rings. The minimum atomic E-state index is -0.250. The number of aromatic hydroxyl groups is 1. The zero-order chi connectivity index (χ0) is 20.6. The largest absolute Gasteiger partial charge is 0.508 e. The minimum Gasteiger partial charge on any atom is -0.508 e. The van der Waals surface area contributed by atoms with Crippen LogP contribution >= 0.6 is 0 Å². The van der Waals surface area contributed by atoms with E-state index in [0.717, 1.165) is 24.4 Å². The van der Waals surface area contributed by atoms with E-state index in [2.05, 4.69) is 14.5 Å². The Labute approximate surface area is 168 Å². The molecule has 152 valence electrons. The number of benzene rings is 1. The molecule has 1 aliphatic heterocycles. The first kappa shape index (κ1) is 20.3. The summed E-state index contributed by atoms with van der Waals surface area (Å²) < 4.78 is 13.4. The highest BCUT2D eigenvalue weighted by atomic mass is 16.5. The Morgan fingerprint density at radius 1 is 1.24 bits per heavy atom. The van der Waals surface area contributed by atoms with Gasteiger partial charge in [0.1, 0.15) is 17.3 Å². The number of carbonyl (C=O) groups is 1. The van der Waals surface area contributed by atoms with Gasteiger partial charge in [0.25, 0.3) is 6.47 Å². The lowest BCUT2D eigenvalue weighted by Crippen LogP contribution is -2.20. The summed E-state index contributed by atoms with van der Waals surface area (Å²) in [7, 11) is 1.59. The van der Waals surface area contributed by atoms with E-state index >= 15 is 0 Å². The second-order valence-electron chi connectivity index (χ2n) is 6.57. The number of nitrogens with zero attached hydrogens (tertiary/aromatic N) is 3. The fraction of sp³-hybridized carbons (Fsp3) is 0.286. The third-order valence-corrected chi connectivity index (χ3v) is 4.86. The predicted molar refractivity (Wildman–Crippen MR) is 106 cm³/mol. The van der Waals surface area contributed by atoms with E-state index in [-0.39, 0.29) is 18.3 Å². The normalized spacial score (nSPS) is 18.0. The van der Waals surface area contributed by atoms with E-state index in [4.69, 9.17) is 19.4 Å². The summed E-state index contributed by atoms with van der Waals surface area (Å²) in [5.41, 5.74) is 2.11. The molecule has 3 heterocycles. The lowest BCUT2D eigenvalue weighted by atomic mass is 9.95. The maximum Gasteiger partial charge on any atom is 0.290 e. The highest BCUT2D eigenvalue weighted by Gasteiger charge is 2.31. The summed E-state index contributed by atoms with van der Waals surface area (Å²) in [6.45, 7) is 1.12. The average molecular weight is 397 g/mol. The first-order valence-electron chi connectivity index (χ1n) is 9.12. The topological polar surface area (TPSA) is 107 Å². The molecule has 2 atom stereocenters. The third kappa shape index (κ3) is 4.72. The lowest BCUT2D eigenvalue weighted by molar-refractivity contribution is -0.122. The van der Waals surface area contributed by atoms with Crippen LogP contribution in [0.25, 0.3) is 11.4 Å². The van der Waals surface area contributed by atoms with Crippen LogP contribution in [0.3, 0.4) is 0 Å². The standard InChI is InChI=1S/C20H21N3O3.CH2O2/c1-25-19-11-16(24)2-3-17(19)20-22-8-9-23(20)18-13-26-12-15(18)10-14-4-6-21-7-5-14;2-1-3/h2-9,11,15,18,24H,10,12-13H2,1H3;1H,(H,2,3)/t15-,18+;/m0./s1. The molecule has 3 aromatic rings. The molecule has 0 unspecified atom stereocenters. The third-order valence-electron chi connectivity index (χ3n) is 4.86. The van der Waals surface area contributed by atoms with Gasteiger partial charge in [-0.15, -0.1) is 0 Å². The number of methoxy groups -OCH3 is 1.